The number of hydrogen-bond donors (Lipinski definition) is 0. The van der Waals surface area contributed by atoms with E-state index in [-0.39, 0.29) is 10.7 Å². The molecule has 1 aliphatic heterocycles. The summed E-state index contributed by atoms with van der Waals surface area (Å²) in [4.78, 5) is 30.3. The molecule has 2 amide bonds. The molecule has 1 aliphatic rings. The SMILES string of the molecule is CCN1C(=O)C(=Cc2ccc(/C=C/c3ccc(N(C)C)cc3)o2)C(=O)N(CC)C1=S. The topological polar surface area (TPSA) is 57.0 Å². The van der Waals surface area contributed by atoms with Gasteiger partial charge in [-0.3, -0.25) is 19.4 Å². The third kappa shape index (κ3) is 4.36. The number of rotatable bonds is 6. The van der Waals surface area contributed by atoms with Gasteiger partial charge in [0.05, 0.1) is 0 Å². The molecule has 0 bridgehead atoms. The molecular formula is C23H25N3O3S. The fourth-order valence-electron chi connectivity index (χ4n) is 3.12. The van der Waals surface area contributed by atoms with Crippen molar-refractivity contribution in [3.8, 4) is 0 Å². The standard InChI is InChI=1S/C23H25N3O3S/c1-5-25-21(27)20(22(28)26(6-2)23(25)30)15-19-14-13-18(29-19)12-9-16-7-10-17(11-8-16)24(3)4/h7-15H,5-6H2,1-4H3/b12-9+. The molecule has 0 aliphatic carbocycles. The lowest BCUT2D eigenvalue weighted by atomic mass is 10.1. The van der Waals surface area contributed by atoms with Gasteiger partial charge in [0.25, 0.3) is 11.8 Å². The van der Waals surface area contributed by atoms with E-state index in [1.54, 1.807) is 12.1 Å². The number of anilines is 1. The van der Waals surface area contributed by atoms with Crippen LogP contribution in [0.4, 0.5) is 5.69 Å². The number of carbonyl (C=O) groups excluding carboxylic acids is 2. The van der Waals surface area contributed by atoms with Gasteiger partial charge in [-0.15, -0.1) is 0 Å². The van der Waals surface area contributed by atoms with Crippen molar-refractivity contribution in [1.82, 2.24) is 9.80 Å². The molecule has 0 spiro atoms. The summed E-state index contributed by atoms with van der Waals surface area (Å²) in [6.45, 7) is 4.45. The second-order valence-electron chi connectivity index (χ2n) is 7.00. The number of furan rings is 1. The van der Waals surface area contributed by atoms with E-state index in [9.17, 15) is 9.59 Å². The number of nitrogens with zero attached hydrogens (tertiary/aromatic N) is 3. The maximum atomic E-state index is 12.7. The average Bonchev–Trinajstić information content (AvgIpc) is 3.18. The van der Waals surface area contributed by atoms with Gasteiger partial charge < -0.3 is 9.32 Å². The lowest BCUT2D eigenvalue weighted by Crippen LogP contribution is -2.55. The quantitative estimate of drug-likeness (QED) is 0.401. The van der Waals surface area contributed by atoms with E-state index in [1.165, 1.54) is 15.9 Å². The Bertz CT molecular complexity index is 991. The monoisotopic (exact) mass is 423 g/mol. The van der Waals surface area contributed by atoms with Crippen LogP contribution in [0, 0.1) is 0 Å². The van der Waals surface area contributed by atoms with Crippen LogP contribution in [0.1, 0.15) is 30.9 Å². The van der Waals surface area contributed by atoms with Crippen LogP contribution in [0.3, 0.4) is 0 Å². The van der Waals surface area contributed by atoms with Gasteiger partial charge in [0.1, 0.15) is 17.1 Å². The highest BCUT2D eigenvalue weighted by Gasteiger charge is 2.38. The van der Waals surface area contributed by atoms with Crippen LogP contribution in [0.2, 0.25) is 0 Å². The Morgan fingerprint density at radius 3 is 2.00 bits per heavy atom. The summed E-state index contributed by atoms with van der Waals surface area (Å²) in [7, 11) is 4.00. The summed E-state index contributed by atoms with van der Waals surface area (Å²) in [5.74, 6) is 0.275. The van der Waals surface area contributed by atoms with Crippen LogP contribution in [0.5, 0.6) is 0 Å². The zero-order valence-electron chi connectivity index (χ0n) is 17.6. The first kappa shape index (κ1) is 21.5. The Hall–Kier alpha value is -3.19. The van der Waals surface area contributed by atoms with Crippen LogP contribution in [-0.4, -0.2) is 53.9 Å². The summed E-state index contributed by atoms with van der Waals surface area (Å²) in [5.41, 5.74) is 2.22. The fraction of sp³-hybridized carbons (Fsp3) is 0.261. The highest BCUT2D eigenvalue weighted by molar-refractivity contribution is 7.80. The van der Waals surface area contributed by atoms with Crippen molar-refractivity contribution in [3.63, 3.8) is 0 Å². The van der Waals surface area contributed by atoms with Crippen molar-refractivity contribution in [2.45, 2.75) is 13.8 Å². The molecule has 1 aromatic carbocycles. The smallest absolute Gasteiger partial charge is 0.265 e. The highest BCUT2D eigenvalue weighted by Crippen LogP contribution is 2.22. The molecule has 1 fully saturated rings. The second kappa shape index (κ2) is 9.09. The Kier molecular flexibility index (Phi) is 6.52. The molecular weight excluding hydrogens is 398 g/mol. The largest absolute Gasteiger partial charge is 0.457 e. The van der Waals surface area contributed by atoms with Gasteiger partial charge in [-0.2, -0.15) is 0 Å². The van der Waals surface area contributed by atoms with E-state index in [0.29, 0.717) is 24.6 Å². The van der Waals surface area contributed by atoms with E-state index in [2.05, 4.69) is 0 Å². The van der Waals surface area contributed by atoms with Crippen LogP contribution in [0.15, 0.2) is 46.4 Å². The van der Waals surface area contributed by atoms with E-state index >= 15 is 0 Å². The Morgan fingerprint density at radius 1 is 0.900 bits per heavy atom. The molecule has 3 rings (SSSR count). The average molecular weight is 424 g/mol. The van der Waals surface area contributed by atoms with Gasteiger partial charge >= 0.3 is 0 Å². The summed E-state index contributed by atoms with van der Waals surface area (Å²) in [5, 5.41) is 0.246. The molecule has 1 aromatic heterocycles. The molecule has 0 atom stereocenters. The third-order valence-electron chi connectivity index (χ3n) is 4.83. The van der Waals surface area contributed by atoms with Gasteiger partial charge in [0.15, 0.2) is 5.11 Å². The lowest BCUT2D eigenvalue weighted by molar-refractivity contribution is -0.133. The van der Waals surface area contributed by atoms with Gasteiger partial charge in [0, 0.05) is 32.9 Å². The second-order valence-corrected chi connectivity index (χ2v) is 7.36. The van der Waals surface area contributed by atoms with Crippen molar-refractivity contribution < 1.29 is 14.0 Å². The first-order valence-electron chi connectivity index (χ1n) is 9.80. The Balaban J connectivity index is 1.81. The molecule has 2 aromatic rings. The molecule has 7 heteroatoms. The Morgan fingerprint density at radius 2 is 1.47 bits per heavy atom. The minimum Gasteiger partial charge on any atom is -0.457 e. The molecule has 30 heavy (non-hydrogen) atoms. The molecule has 156 valence electrons. The summed E-state index contributed by atoms with van der Waals surface area (Å²) >= 11 is 5.27. The summed E-state index contributed by atoms with van der Waals surface area (Å²) in [6, 6.07) is 11.7. The molecule has 6 nitrogen and oxygen atoms in total. The molecule has 0 unspecified atom stereocenters. The minimum atomic E-state index is -0.397. The first-order valence-corrected chi connectivity index (χ1v) is 10.2. The maximum Gasteiger partial charge on any atom is 0.265 e. The van der Waals surface area contributed by atoms with E-state index in [4.69, 9.17) is 16.6 Å². The van der Waals surface area contributed by atoms with Gasteiger partial charge in [-0.25, -0.2) is 0 Å². The summed E-state index contributed by atoms with van der Waals surface area (Å²) < 4.78 is 5.79. The zero-order valence-corrected chi connectivity index (χ0v) is 18.4. The predicted molar refractivity (Wildman–Crippen MR) is 124 cm³/mol. The van der Waals surface area contributed by atoms with Crippen LogP contribution in [-0.2, 0) is 9.59 Å². The van der Waals surface area contributed by atoms with Gasteiger partial charge in [0.2, 0.25) is 0 Å². The number of likely N-dealkylation sites (N-methyl/N-ethyl adjacent to an activating group) is 2. The molecule has 1 saturated heterocycles. The highest BCUT2D eigenvalue weighted by atomic mass is 32.1. The molecule has 0 saturated carbocycles. The first-order chi connectivity index (χ1) is 14.3. The number of thiocarbonyl (C=S) groups is 1. The maximum absolute atomic E-state index is 12.7. The Labute approximate surface area is 182 Å². The van der Waals surface area contributed by atoms with Crippen molar-refractivity contribution in [2.24, 2.45) is 0 Å². The molecule has 2 heterocycles. The number of carbonyl (C=O) groups is 2. The van der Waals surface area contributed by atoms with E-state index < -0.39 is 11.8 Å². The normalized spacial score (nSPS) is 14.8. The molecule has 0 radical (unpaired) electrons. The number of hydrogen-bond acceptors (Lipinski definition) is 5. The number of amides is 2. The van der Waals surface area contributed by atoms with Gasteiger partial charge in [-0.1, -0.05) is 18.2 Å². The van der Waals surface area contributed by atoms with E-state index in [0.717, 1.165) is 11.3 Å². The predicted octanol–water partition coefficient (Wildman–Crippen LogP) is 3.89. The van der Waals surface area contributed by atoms with Crippen LogP contribution < -0.4 is 4.90 Å². The minimum absolute atomic E-state index is 0.0523. The van der Waals surface area contributed by atoms with Gasteiger partial charge in [-0.05, 0) is 68.0 Å². The van der Waals surface area contributed by atoms with Crippen molar-refractivity contribution in [2.75, 3.05) is 32.1 Å². The number of benzene rings is 1. The lowest BCUT2D eigenvalue weighted by Gasteiger charge is -2.35. The van der Waals surface area contributed by atoms with E-state index in [1.807, 2.05) is 69.3 Å². The molecule has 0 N–H and O–H groups in total. The van der Waals surface area contributed by atoms with Crippen molar-refractivity contribution in [3.05, 3.63) is 59.1 Å². The van der Waals surface area contributed by atoms with Crippen LogP contribution >= 0.6 is 12.2 Å². The van der Waals surface area contributed by atoms with Crippen molar-refractivity contribution in [1.29, 1.82) is 0 Å². The summed E-state index contributed by atoms with van der Waals surface area (Å²) in [6.07, 6.45) is 5.28. The van der Waals surface area contributed by atoms with Crippen LogP contribution in [0.25, 0.3) is 18.2 Å². The fourth-order valence-corrected chi connectivity index (χ4v) is 3.55. The zero-order chi connectivity index (χ0) is 21.8. The third-order valence-corrected chi connectivity index (χ3v) is 5.27. The van der Waals surface area contributed by atoms with Crippen molar-refractivity contribution >= 4 is 53.1 Å².